The summed E-state index contributed by atoms with van der Waals surface area (Å²) in [5, 5.41) is 2.98. The van der Waals surface area contributed by atoms with Gasteiger partial charge in [-0.3, -0.25) is 9.59 Å². The Morgan fingerprint density at radius 3 is 2.69 bits per heavy atom. The van der Waals surface area contributed by atoms with Crippen LogP contribution in [0.1, 0.15) is 34.2 Å². The molecule has 3 aromatic rings. The zero-order valence-corrected chi connectivity index (χ0v) is 15.8. The van der Waals surface area contributed by atoms with Crippen molar-refractivity contribution in [3.8, 4) is 0 Å². The van der Waals surface area contributed by atoms with Gasteiger partial charge in [0.05, 0.1) is 0 Å². The molecule has 146 valence electrons. The van der Waals surface area contributed by atoms with Gasteiger partial charge in [0, 0.05) is 37.2 Å². The molecule has 1 saturated heterocycles. The van der Waals surface area contributed by atoms with E-state index in [4.69, 9.17) is 0 Å². The SMILES string of the molecule is Cn1ccnc1[C@@H]1N(C(=O)c2ccc(F)cc2)CC[C@]12C(=O)Nc1ccccc12. The fourth-order valence-electron chi connectivity index (χ4n) is 4.66. The highest BCUT2D eigenvalue weighted by Crippen LogP contribution is 2.54. The number of carbonyl (C=O) groups excluding carboxylic acids is 2. The van der Waals surface area contributed by atoms with E-state index in [1.54, 1.807) is 17.3 Å². The summed E-state index contributed by atoms with van der Waals surface area (Å²) in [4.78, 5) is 32.8. The third-order valence-corrected chi connectivity index (χ3v) is 6.04. The van der Waals surface area contributed by atoms with Crippen molar-refractivity contribution in [1.29, 1.82) is 0 Å². The maximum absolute atomic E-state index is 13.4. The van der Waals surface area contributed by atoms with Gasteiger partial charge in [-0.1, -0.05) is 18.2 Å². The average Bonchev–Trinajstić information content (AvgIpc) is 3.39. The molecule has 0 bridgehead atoms. The Hall–Kier alpha value is -3.48. The summed E-state index contributed by atoms with van der Waals surface area (Å²) in [6.45, 7) is 0.398. The highest BCUT2D eigenvalue weighted by Gasteiger charge is 2.60. The first-order valence-corrected chi connectivity index (χ1v) is 9.47. The highest BCUT2D eigenvalue weighted by molar-refractivity contribution is 6.08. The number of amides is 2. The van der Waals surface area contributed by atoms with Crippen molar-refractivity contribution in [3.63, 3.8) is 0 Å². The van der Waals surface area contributed by atoms with Gasteiger partial charge in [-0.2, -0.15) is 0 Å². The first-order valence-electron chi connectivity index (χ1n) is 9.47. The number of nitrogens with zero attached hydrogens (tertiary/aromatic N) is 3. The Kier molecular flexibility index (Phi) is 3.81. The molecule has 2 amide bonds. The summed E-state index contributed by atoms with van der Waals surface area (Å²) in [7, 11) is 1.85. The van der Waals surface area contributed by atoms with E-state index in [1.165, 1.54) is 24.3 Å². The van der Waals surface area contributed by atoms with Crippen LogP contribution in [-0.4, -0.2) is 32.8 Å². The van der Waals surface area contributed by atoms with E-state index in [9.17, 15) is 14.0 Å². The minimum absolute atomic E-state index is 0.124. The maximum Gasteiger partial charge on any atom is 0.254 e. The molecule has 0 radical (unpaired) electrons. The molecule has 7 heteroatoms. The van der Waals surface area contributed by atoms with Crippen LogP contribution in [0, 0.1) is 5.82 Å². The summed E-state index contributed by atoms with van der Waals surface area (Å²) in [6, 6.07) is 12.5. The van der Waals surface area contributed by atoms with Gasteiger partial charge in [0.15, 0.2) is 0 Å². The number of carbonyl (C=O) groups is 2. The number of nitrogens with one attached hydrogen (secondary N) is 1. The van der Waals surface area contributed by atoms with Crippen molar-refractivity contribution >= 4 is 17.5 Å². The van der Waals surface area contributed by atoms with Crippen molar-refractivity contribution in [2.75, 3.05) is 11.9 Å². The van der Waals surface area contributed by atoms with E-state index in [-0.39, 0.29) is 11.8 Å². The Balaban J connectivity index is 1.67. The minimum Gasteiger partial charge on any atom is -0.336 e. The van der Waals surface area contributed by atoms with Crippen LogP contribution in [0.4, 0.5) is 10.1 Å². The van der Waals surface area contributed by atoms with E-state index in [1.807, 2.05) is 35.9 Å². The second kappa shape index (κ2) is 6.27. The summed E-state index contributed by atoms with van der Waals surface area (Å²) in [6.07, 6.45) is 3.96. The predicted octanol–water partition coefficient (Wildman–Crippen LogP) is 3.04. The molecule has 1 N–H and O–H groups in total. The number of imidazole rings is 1. The Morgan fingerprint density at radius 1 is 1.21 bits per heavy atom. The van der Waals surface area contributed by atoms with Crippen LogP contribution in [0.5, 0.6) is 0 Å². The van der Waals surface area contributed by atoms with Crippen LogP contribution in [0.15, 0.2) is 60.9 Å². The number of hydrogen-bond acceptors (Lipinski definition) is 3. The zero-order chi connectivity index (χ0) is 20.2. The van der Waals surface area contributed by atoms with Gasteiger partial charge < -0.3 is 14.8 Å². The van der Waals surface area contributed by atoms with Crippen molar-refractivity contribution in [2.24, 2.45) is 7.05 Å². The van der Waals surface area contributed by atoms with Crippen LogP contribution in [0.25, 0.3) is 0 Å². The molecular weight excluding hydrogens is 371 g/mol. The molecule has 0 unspecified atom stereocenters. The van der Waals surface area contributed by atoms with Crippen molar-refractivity contribution < 1.29 is 14.0 Å². The molecular formula is C22H19FN4O2. The molecule has 3 heterocycles. The third kappa shape index (κ3) is 2.43. The molecule has 6 nitrogen and oxygen atoms in total. The lowest BCUT2D eigenvalue weighted by Gasteiger charge is -2.33. The lowest BCUT2D eigenvalue weighted by molar-refractivity contribution is -0.121. The van der Waals surface area contributed by atoms with Gasteiger partial charge in [0.2, 0.25) is 5.91 Å². The first-order chi connectivity index (χ1) is 14.0. The second-order valence-electron chi connectivity index (χ2n) is 7.53. The highest BCUT2D eigenvalue weighted by atomic mass is 19.1. The van der Waals surface area contributed by atoms with Crippen LogP contribution in [-0.2, 0) is 17.3 Å². The number of aryl methyl sites for hydroxylation is 1. The number of fused-ring (bicyclic) bond motifs is 2. The summed E-state index contributed by atoms with van der Waals surface area (Å²) in [5.74, 6) is -0.123. The number of hydrogen-bond donors (Lipinski definition) is 1. The van der Waals surface area contributed by atoms with E-state index in [0.29, 0.717) is 24.4 Å². The van der Waals surface area contributed by atoms with Gasteiger partial charge in [-0.05, 0) is 42.3 Å². The number of benzene rings is 2. The molecule has 2 atom stereocenters. The monoisotopic (exact) mass is 390 g/mol. The van der Waals surface area contributed by atoms with Gasteiger partial charge in [0.25, 0.3) is 5.91 Å². The van der Waals surface area contributed by atoms with Crippen molar-refractivity contribution in [3.05, 3.63) is 83.7 Å². The molecule has 29 heavy (non-hydrogen) atoms. The Bertz CT molecular complexity index is 1120. The van der Waals surface area contributed by atoms with Crippen LogP contribution < -0.4 is 5.32 Å². The number of aromatic nitrogens is 2. The van der Waals surface area contributed by atoms with Gasteiger partial charge in [0.1, 0.15) is 23.1 Å². The van der Waals surface area contributed by atoms with E-state index < -0.39 is 17.3 Å². The van der Waals surface area contributed by atoms with Crippen molar-refractivity contribution in [1.82, 2.24) is 14.5 Å². The normalized spacial score (nSPS) is 22.8. The standard InChI is InChI=1S/C22H19FN4O2/c1-26-13-11-24-19(26)18-22(16-4-2-3-5-17(16)25-21(22)29)10-12-27(18)20(28)14-6-8-15(23)9-7-14/h2-9,11,13,18H,10,12H2,1H3,(H,25,29)/t18-,22+/m0/s1. The molecule has 1 fully saturated rings. The second-order valence-corrected chi connectivity index (χ2v) is 7.53. The molecule has 2 aromatic carbocycles. The minimum atomic E-state index is -0.911. The molecule has 5 rings (SSSR count). The van der Waals surface area contributed by atoms with Crippen LogP contribution >= 0.6 is 0 Å². The van der Waals surface area contributed by atoms with E-state index in [2.05, 4.69) is 10.3 Å². The fraction of sp³-hybridized carbons (Fsp3) is 0.227. The Labute approximate surface area is 167 Å². The summed E-state index contributed by atoms with van der Waals surface area (Å²) < 4.78 is 15.2. The van der Waals surface area contributed by atoms with Gasteiger partial charge in [-0.25, -0.2) is 9.37 Å². The number of para-hydroxylation sites is 1. The molecule has 1 spiro atoms. The number of anilines is 1. The smallest absolute Gasteiger partial charge is 0.254 e. The largest absolute Gasteiger partial charge is 0.336 e. The average molecular weight is 390 g/mol. The molecule has 0 aliphatic carbocycles. The Morgan fingerprint density at radius 2 is 1.97 bits per heavy atom. The fourth-order valence-corrected chi connectivity index (χ4v) is 4.66. The first kappa shape index (κ1) is 17.6. The third-order valence-electron chi connectivity index (χ3n) is 6.04. The van der Waals surface area contributed by atoms with E-state index >= 15 is 0 Å². The maximum atomic E-state index is 13.4. The number of halogens is 1. The number of likely N-dealkylation sites (tertiary alicyclic amines) is 1. The van der Waals surface area contributed by atoms with Crippen LogP contribution in [0.3, 0.4) is 0 Å². The molecule has 0 saturated carbocycles. The topological polar surface area (TPSA) is 67.2 Å². The van der Waals surface area contributed by atoms with Gasteiger partial charge in [-0.15, -0.1) is 0 Å². The van der Waals surface area contributed by atoms with Gasteiger partial charge >= 0.3 is 0 Å². The lowest BCUT2D eigenvalue weighted by atomic mass is 9.74. The molecule has 2 aliphatic heterocycles. The summed E-state index contributed by atoms with van der Waals surface area (Å²) >= 11 is 0. The zero-order valence-electron chi connectivity index (χ0n) is 15.8. The molecule has 2 aliphatic rings. The van der Waals surface area contributed by atoms with Crippen LogP contribution in [0.2, 0.25) is 0 Å². The quantitative estimate of drug-likeness (QED) is 0.731. The predicted molar refractivity (Wildman–Crippen MR) is 105 cm³/mol. The number of rotatable bonds is 2. The summed E-state index contributed by atoms with van der Waals surface area (Å²) in [5.41, 5.74) is 1.13. The lowest BCUT2D eigenvalue weighted by Crippen LogP contribution is -2.43. The molecule has 1 aromatic heterocycles. The van der Waals surface area contributed by atoms with Crippen molar-refractivity contribution in [2.45, 2.75) is 17.9 Å². The van der Waals surface area contributed by atoms with E-state index in [0.717, 1.165) is 11.3 Å².